The van der Waals surface area contributed by atoms with Crippen LogP contribution in [0.4, 0.5) is 11.5 Å². The molecule has 1 aromatic carbocycles. The Morgan fingerprint density at radius 3 is 2.80 bits per heavy atom. The Bertz CT molecular complexity index is 635. The highest BCUT2D eigenvalue weighted by Gasteiger charge is 2.07. The Morgan fingerprint density at radius 1 is 1.25 bits per heavy atom. The fourth-order valence-corrected chi connectivity index (χ4v) is 1.80. The molecule has 5 heteroatoms. The number of methoxy groups -OCH3 is 2. The van der Waals surface area contributed by atoms with E-state index in [4.69, 9.17) is 16.0 Å². The molecule has 0 aliphatic carbocycles. The molecule has 102 valence electrons. The third kappa shape index (κ3) is 2.98. The van der Waals surface area contributed by atoms with E-state index in [0.29, 0.717) is 18.1 Å². The monoisotopic (exact) mass is 269 g/mol. The molecular weight excluding hydrogens is 254 g/mol. The van der Waals surface area contributed by atoms with Crippen LogP contribution in [0.3, 0.4) is 0 Å². The Hall–Kier alpha value is -2.74. The van der Waals surface area contributed by atoms with Crippen molar-refractivity contribution in [2.24, 2.45) is 0 Å². The number of benzene rings is 1. The van der Waals surface area contributed by atoms with Gasteiger partial charge in [-0.1, -0.05) is 12.1 Å². The summed E-state index contributed by atoms with van der Waals surface area (Å²) in [6.45, 7) is 7.62. The zero-order valence-corrected chi connectivity index (χ0v) is 11.4. The van der Waals surface area contributed by atoms with Gasteiger partial charge in [-0.25, -0.2) is 4.85 Å². The lowest BCUT2D eigenvalue weighted by molar-refractivity contribution is 0.391. The smallest absolute Gasteiger partial charge is 0.228 e. The van der Waals surface area contributed by atoms with Crippen LogP contribution in [0.1, 0.15) is 5.56 Å². The van der Waals surface area contributed by atoms with Crippen LogP contribution in [0.2, 0.25) is 0 Å². The fraction of sp³-hybridized carbons (Fsp3) is 0.200. The maximum Gasteiger partial charge on any atom is 0.228 e. The Balaban J connectivity index is 2.17. The Labute approximate surface area is 118 Å². The molecule has 0 fully saturated rings. The SMILES string of the molecule is [C-]#[N+]c1cccnc1NCc1ccc(OC)cc1OC. The number of anilines is 1. The predicted molar refractivity (Wildman–Crippen MR) is 77.4 cm³/mol. The molecule has 0 unspecified atom stereocenters. The van der Waals surface area contributed by atoms with Gasteiger partial charge in [-0.05, 0) is 12.1 Å². The van der Waals surface area contributed by atoms with Gasteiger partial charge in [0.1, 0.15) is 17.3 Å². The molecule has 20 heavy (non-hydrogen) atoms. The van der Waals surface area contributed by atoms with Gasteiger partial charge in [-0.2, -0.15) is 0 Å². The molecule has 0 amide bonds. The van der Waals surface area contributed by atoms with Gasteiger partial charge in [-0.15, -0.1) is 0 Å². The summed E-state index contributed by atoms with van der Waals surface area (Å²) in [5.41, 5.74) is 1.47. The molecule has 0 bridgehead atoms. The van der Waals surface area contributed by atoms with Crippen molar-refractivity contribution in [1.29, 1.82) is 0 Å². The first-order valence-corrected chi connectivity index (χ1v) is 6.05. The largest absolute Gasteiger partial charge is 0.497 e. The van der Waals surface area contributed by atoms with Crippen LogP contribution in [0.5, 0.6) is 11.5 Å². The summed E-state index contributed by atoms with van der Waals surface area (Å²) in [6, 6.07) is 9.09. The van der Waals surface area contributed by atoms with Gasteiger partial charge in [0, 0.05) is 24.4 Å². The minimum Gasteiger partial charge on any atom is -0.497 e. The average molecular weight is 269 g/mol. The normalized spacial score (nSPS) is 9.65. The molecule has 0 atom stereocenters. The van der Waals surface area contributed by atoms with Gasteiger partial charge >= 0.3 is 0 Å². The van der Waals surface area contributed by atoms with Crippen molar-refractivity contribution >= 4 is 11.5 Å². The average Bonchev–Trinajstić information content (AvgIpc) is 2.52. The van der Waals surface area contributed by atoms with Crippen molar-refractivity contribution in [2.45, 2.75) is 6.54 Å². The van der Waals surface area contributed by atoms with Gasteiger partial charge in [0.05, 0.1) is 20.8 Å². The van der Waals surface area contributed by atoms with Crippen molar-refractivity contribution < 1.29 is 9.47 Å². The van der Waals surface area contributed by atoms with E-state index < -0.39 is 0 Å². The molecule has 0 saturated carbocycles. The third-order valence-electron chi connectivity index (χ3n) is 2.85. The number of nitrogens with one attached hydrogen (secondary N) is 1. The molecule has 0 aliphatic heterocycles. The molecular formula is C15H15N3O2. The molecule has 0 saturated heterocycles. The third-order valence-corrected chi connectivity index (χ3v) is 2.85. The van der Waals surface area contributed by atoms with E-state index in [-0.39, 0.29) is 0 Å². The Morgan fingerprint density at radius 2 is 2.10 bits per heavy atom. The van der Waals surface area contributed by atoms with Crippen molar-refractivity contribution in [2.75, 3.05) is 19.5 Å². The van der Waals surface area contributed by atoms with Crippen LogP contribution in [0.15, 0.2) is 36.5 Å². The molecule has 0 spiro atoms. The highest BCUT2D eigenvalue weighted by atomic mass is 16.5. The highest BCUT2D eigenvalue weighted by Crippen LogP contribution is 2.27. The van der Waals surface area contributed by atoms with Crippen LogP contribution in [-0.2, 0) is 6.54 Å². The van der Waals surface area contributed by atoms with Crippen molar-refractivity contribution in [1.82, 2.24) is 4.98 Å². The van der Waals surface area contributed by atoms with Crippen molar-refractivity contribution in [3.8, 4) is 11.5 Å². The summed E-state index contributed by atoms with van der Waals surface area (Å²) >= 11 is 0. The number of hydrogen-bond donors (Lipinski definition) is 1. The summed E-state index contributed by atoms with van der Waals surface area (Å²) in [6.07, 6.45) is 1.66. The second kappa shape index (κ2) is 6.43. The van der Waals surface area contributed by atoms with E-state index in [9.17, 15) is 0 Å². The zero-order chi connectivity index (χ0) is 14.4. The van der Waals surface area contributed by atoms with Gasteiger partial charge in [0.25, 0.3) is 0 Å². The van der Waals surface area contributed by atoms with E-state index >= 15 is 0 Å². The molecule has 2 aromatic rings. The van der Waals surface area contributed by atoms with Crippen LogP contribution >= 0.6 is 0 Å². The first-order chi connectivity index (χ1) is 9.78. The first-order valence-electron chi connectivity index (χ1n) is 6.05. The number of rotatable bonds is 5. The second-order valence-corrected chi connectivity index (χ2v) is 4.01. The summed E-state index contributed by atoms with van der Waals surface area (Å²) in [4.78, 5) is 7.59. The predicted octanol–water partition coefficient (Wildman–Crippen LogP) is 3.26. The van der Waals surface area contributed by atoms with E-state index in [1.165, 1.54) is 0 Å². The molecule has 0 radical (unpaired) electrons. The molecule has 1 N–H and O–H groups in total. The number of hydrogen-bond acceptors (Lipinski definition) is 4. The quantitative estimate of drug-likeness (QED) is 0.846. The minimum absolute atomic E-state index is 0.500. The number of aromatic nitrogens is 1. The number of nitrogens with zero attached hydrogens (tertiary/aromatic N) is 2. The van der Waals surface area contributed by atoms with Gasteiger partial charge in [0.2, 0.25) is 5.69 Å². The minimum atomic E-state index is 0.500. The maximum atomic E-state index is 7.10. The molecule has 0 aliphatic rings. The molecule has 2 rings (SSSR count). The van der Waals surface area contributed by atoms with Crippen LogP contribution in [-0.4, -0.2) is 19.2 Å². The lowest BCUT2D eigenvalue weighted by atomic mass is 10.2. The fourth-order valence-electron chi connectivity index (χ4n) is 1.80. The van der Waals surface area contributed by atoms with Crippen LogP contribution < -0.4 is 14.8 Å². The standard InChI is InChI=1S/C15H15N3O2/c1-16-13-5-4-8-17-15(13)18-10-11-6-7-12(19-2)9-14(11)20-3/h4-9H,10H2,2-3H3,(H,17,18). The topological polar surface area (TPSA) is 47.7 Å². The summed E-state index contributed by atoms with van der Waals surface area (Å²) < 4.78 is 10.5. The number of ether oxygens (including phenoxy) is 2. The summed E-state index contributed by atoms with van der Waals surface area (Å²) in [5.74, 6) is 2.04. The number of pyridine rings is 1. The zero-order valence-electron chi connectivity index (χ0n) is 11.4. The maximum absolute atomic E-state index is 7.10. The van der Waals surface area contributed by atoms with Gasteiger partial charge in [-0.3, -0.25) is 4.98 Å². The highest BCUT2D eigenvalue weighted by molar-refractivity contribution is 5.64. The van der Waals surface area contributed by atoms with Crippen LogP contribution in [0.25, 0.3) is 4.85 Å². The first kappa shape index (κ1) is 13.7. The summed E-state index contributed by atoms with van der Waals surface area (Å²) in [5, 5.41) is 3.15. The van der Waals surface area contributed by atoms with E-state index in [2.05, 4.69) is 15.1 Å². The van der Waals surface area contributed by atoms with Crippen molar-refractivity contribution in [3.63, 3.8) is 0 Å². The van der Waals surface area contributed by atoms with E-state index in [1.807, 2.05) is 18.2 Å². The second-order valence-electron chi connectivity index (χ2n) is 4.01. The molecule has 1 heterocycles. The van der Waals surface area contributed by atoms with Gasteiger partial charge < -0.3 is 14.8 Å². The molecule has 1 aromatic heterocycles. The van der Waals surface area contributed by atoms with Crippen LogP contribution in [0, 0.1) is 6.57 Å². The van der Waals surface area contributed by atoms with E-state index in [0.717, 1.165) is 17.1 Å². The van der Waals surface area contributed by atoms with E-state index in [1.54, 1.807) is 32.5 Å². The lowest BCUT2D eigenvalue weighted by Crippen LogP contribution is -2.03. The Kier molecular flexibility index (Phi) is 4.40. The summed E-state index contributed by atoms with van der Waals surface area (Å²) in [7, 11) is 3.23. The lowest BCUT2D eigenvalue weighted by Gasteiger charge is -2.12. The molecule has 5 nitrogen and oxygen atoms in total. The van der Waals surface area contributed by atoms with Crippen molar-refractivity contribution in [3.05, 3.63) is 53.5 Å². The van der Waals surface area contributed by atoms with Gasteiger partial charge in [0.15, 0.2) is 0 Å².